The van der Waals surface area contributed by atoms with Crippen LogP contribution >= 0.6 is 0 Å². The van der Waals surface area contributed by atoms with Crippen molar-refractivity contribution in [2.24, 2.45) is 5.92 Å². The SMILES string of the molecule is CC(C)CN(Cc1ccc(OS(C)(=O)=O)cc1)S(=O)(=O)/C=C/c1ccccc1. The summed E-state index contributed by atoms with van der Waals surface area (Å²) in [5.41, 5.74) is 1.54. The van der Waals surface area contributed by atoms with Gasteiger partial charge >= 0.3 is 10.1 Å². The van der Waals surface area contributed by atoms with E-state index in [9.17, 15) is 16.8 Å². The van der Waals surface area contributed by atoms with Crippen molar-refractivity contribution in [3.63, 3.8) is 0 Å². The highest BCUT2D eigenvalue weighted by Gasteiger charge is 2.20. The lowest BCUT2D eigenvalue weighted by Crippen LogP contribution is -2.32. The van der Waals surface area contributed by atoms with Crippen LogP contribution in [-0.4, -0.2) is 33.9 Å². The first-order valence-corrected chi connectivity index (χ1v) is 12.1. The molecule has 0 aliphatic rings. The number of benzene rings is 2. The summed E-state index contributed by atoms with van der Waals surface area (Å²) in [6.45, 7) is 4.45. The van der Waals surface area contributed by atoms with E-state index >= 15 is 0 Å². The van der Waals surface area contributed by atoms with Gasteiger partial charge in [-0.25, -0.2) is 8.42 Å². The molecule has 6 nitrogen and oxygen atoms in total. The van der Waals surface area contributed by atoms with E-state index < -0.39 is 20.1 Å². The molecule has 0 bridgehead atoms. The molecule has 2 aromatic carbocycles. The summed E-state index contributed by atoms with van der Waals surface area (Å²) in [4.78, 5) is 0. The van der Waals surface area contributed by atoms with E-state index in [-0.39, 0.29) is 18.2 Å². The molecular formula is C20H25NO5S2. The van der Waals surface area contributed by atoms with Crippen molar-refractivity contribution < 1.29 is 21.0 Å². The third-order valence-electron chi connectivity index (χ3n) is 3.69. The Morgan fingerprint density at radius 2 is 1.57 bits per heavy atom. The second kappa shape index (κ2) is 9.36. The average molecular weight is 424 g/mol. The summed E-state index contributed by atoms with van der Waals surface area (Å²) >= 11 is 0. The van der Waals surface area contributed by atoms with Gasteiger partial charge < -0.3 is 4.18 Å². The van der Waals surface area contributed by atoms with Crippen molar-refractivity contribution in [3.8, 4) is 5.75 Å². The van der Waals surface area contributed by atoms with Crippen LogP contribution in [0, 0.1) is 5.92 Å². The fraction of sp³-hybridized carbons (Fsp3) is 0.300. The molecule has 0 radical (unpaired) electrons. The fourth-order valence-corrected chi connectivity index (χ4v) is 4.31. The maximum Gasteiger partial charge on any atom is 0.306 e. The minimum absolute atomic E-state index is 0.146. The van der Waals surface area contributed by atoms with Crippen molar-refractivity contribution in [1.82, 2.24) is 4.31 Å². The topological polar surface area (TPSA) is 80.8 Å². The first kappa shape index (κ1) is 22.1. The van der Waals surface area contributed by atoms with E-state index in [4.69, 9.17) is 4.18 Å². The van der Waals surface area contributed by atoms with Crippen LogP contribution in [-0.2, 0) is 26.7 Å². The van der Waals surface area contributed by atoms with Crippen LogP contribution in [0.15, 0.2) is 60.0 Å². The van der Waals surface area contributed by atoms with Gasteiger partial charge in [-0.05, 0) is 35.3 Å². The van der Waals surface area contributed by atoms with Crippen LogP contribution in [0.4, 0.5) is 0 Å². The predicted molar refractivity (Wildman–Crippen MR) is 112 cm³/mol. The first-order valence-electron chi connectivity index (χ1n) is 8.77. The Bertz CT molecular complexity index is 996. The molecule has 2 aromatic rings. The number of rotatable bonds is 9. The zero-order valence-electron chi connectivity index (χ0n) is 16.1. The summed E-state index contributed by atoms with van der Waals surface area (Å²) in [6.07, 6.45) is 2.54. The van der Waals surface area contributed by atoms with E-state index in [1.165, 1.54) is 21.8 Å². The largest absolute Gasteiger partial charge is 0.383 e. The Morgan fingerprint density at radius 3 is 2.11 bits per heavy atom. The van der Waals surface area contributed by atoms with Crippen LogP contribution < -0.4 is 4.18 Å². The molecule has 0 saturated carbocycles. The second-order valence-electron chi connectivity index (χ2n) is 6.88. The van der Waals surface area contributed by atoms with Gasteiger partial charge in [0.2, 0.25) is 10.0 Å². The van der Waals surface area contributed by atoms with E-state index in [1.54, 1.807) is 18.2 Å². The van der Waals surface area contributed by atoms with Crippen molar-refractivity contribution in [2.75, 3.05) is 12.8 Å². The van der Waals surface area contributed by atoms with Crippen LogP contribution in [0.2, 0.25) is 0 Å². The molecule has 28 heavy (non-hydrogen) atoms. The number of sulfonamides is 1. The van der Waals surface area contributed by atoms with Crippen molar-refractivity contribution >= 4 is 26.2 Å². The van der Waals surface area contributed by atoms with E-state index in [2.05, 4.69) is 0 Å². The molecule has 2 rings (SSSR count). The molecule has 0 fully saturated rings. The highest BCUT2D eigenvalue weighted by Crippen LogP contribution is 2.18. The normalized spacial score (nSPS) is 12.8. The molecule has 0 aliphatic heterocycles. The fourth-order valence-electron chi connectivity index (χ4n) is 2.51. The van der Waals surface area contributed by atoms with Crippen molar-refractivity contribution in [1.29, 1.82) is 0 Å². The summed E-state index contributed by atoms with van der Waals surface area (Å²) in [6, 6.07) is 15.6. The van der Waals surface area contributed by atoms with Crippen molar-refractivity contribution in [3.05, 3.63) is 71.1 Å². The molecule has 0 amide bonds. The smallest absolute Gasteiger partial charge is 0.306 e. The lowest BCUT2D eigenvalue weighted by Gasteiger charge is -2.22. The average Bonchev–Trinajstić information content (AvgIpc) is 2.60. The van der Waals surface area contributed by atoms with E-state index in [1.807, 2.05) is 44.2 Å². The van der Waals surface area contributed by atoms with Gasteiger partial charge in [0.05, 0.1) is 6.26 Å². The predicted octanol–water partition coefficient (Wildman–Crippen LogP) is 3.48. The molecule has 0 atom stereocenters. The summed E-state index contributed by atoms with van der Waals surface area (Å²) < 4.78 is 54.3. The summed E-state index contributed by atoms with van der Waals surface area (Å²) in [7, 11) is -7.23. The van der Waals surface area contributed by atoms with Gasteiger partial charge in [0, 0.05) is 18.5 Å². The highest BCUT2D eigenvalue weighted by atomic mass is 32.2. The van der Waals surface area contributed by atoms with E-state index in [0.29, 0.717) is 6.54 Å². The van der Waals surface area contributed by atoms with Gasteiger partial charge in [-0.2, -0.15) is 12.7 Å². The number of hydrogen-bond donors (Lipinski definition) is 0. The molecule has 0 aromatic heterocycles. The Morgan fingerprint density at radius 1 is 0.964 bits per heavy atom. The molecule has 152 valence electrons. The molecule has 0 saturated heterocycles. The molecular weight excluding hydrogens is 398 g/mol. The van der Waals surface area contributed by atoms with Crippen LogP contribution in [0.1, 0.15) is 25.0 Å². The lowest BCUT2D eigenvalue weighted by atomic mass is 10.2. The minimum atomic E-state index is -3.63. The van der Waals surface area contributed by atoms with Gasteiger partial charge in [0.1, 0.15) is 5.75 Å². The zero-order valence-corrected chi connectivity index (χ0v) is 17.8. The van der Waals surface area contributed by atoms with Crippen molar-refractivity contribution in [2.45, 2.75) is 20.4 Å². The quantitative estimate of drug-likeness (QED) is 0.577. The Labute approximate surface area is 167 Å². The summed E-state index contributed by atoms with van der Waals surface area (Å²) in [5.74, 6) is 0.334. The minimum Gasteiger partial charge on any atom is -0.383 e. The van der Waals surface area contributed by atoms with Crippen LogP contribution in [0.25, 0.3) is 6.08 Å². The molecule has 0 spiro atoms. The maximum atomic E-state index is 12.8. The van der Waals surface area contributed by atoms with Gasteiger partial charge in [-0.3, -0.25) is 0 Å². The summed E-state index contributed by atoms with van der Waals surface area (Å²) in [5, 5.41) is 1.21. The molecule has 0 aliphatic carbocycles. The Balaban J connectivity index is 2.19. The zero-order chi connectivity index (χ0) is 20.8. The van der Waals surface area contributed by atoms with Gasteiger partial charge in [0.25, 0.3) is 0 Å². The Kier molecular flexibility index (Phi) is 7.40. The first-order chi connectivity index (χ1) is 13.0. The van der Waals surface area contributed by atoms with Gasteiger partial charge in [0.15, 0.2) is 0 Å². The molecule has 8 heteroatoms. The Hall–Kier alpha value is -2.16. The maximum absolute atomic E-state index is 12.8. The van der Waals surface area contributed by atoms with Gasteiger partial charge in [-0.15, -0.1) is 0 Å². The van der Waals surface area contributed by atoms with Gasteiger partial charge in [-0.1, -0.05) is 56.3 Å². The number of hydrogen-bond acceptors (Lipinski definition) is 5. The molecule has 0 unspecified atom stereocenters. The monoisotopic (exact) mass is 423 g/mol. The second-order valence-corrected chi connectivity index (χ2v) is 10.3. The highest BCUT2D eigenvalue weighted by molar-refractivity contribution is 7.92. The van der Waals surface area contributed by atoms with E-state index in [0.717, 1.165) is 17.4 Å². The lowest BCUT2D eigenvalue weighted by molar-refractivity contribution is 0.366. The van der Waals surface area contributed by atoms with Crippen LogP contribution in [0.5, 0.6) is 5.75 Å². The standard InChI is InChI=1S/C20H25NO5S2/c1-17(2)15-21(28(24,25)14-13-18-7-5-4-6-8-18)16-19-9-11-20(12-10-19)26-27(3,22)23/h4-14,17H,15-16H2,1-3H3/b14-13+. The third-order valence-corrected chi connectivity index (χ3v) is 5.66. The van der Waals surface area contributed by atoms with Crippen LogP contribution in [0.3, 0.4) is 0 Å². The molecule has 0 heterocycles. The molecule has 0 N–H and O–H groups in total. The number of nitrogens with zero attached hydrogens (tertiary/aromatic N) is 1. The third kappa shape index (κ3) is 7.46.